The van der Waals surface area contributed by atoms with Gasteiger partial charge in [0.25, 0.3) is 5.91 Å². The van der Waals surface area contributed by atoms with E-state index in [1.54, 1.807) is 31.4 Å². The zero-order valence-corrected chi connectivity index (χ0v) is 18.9. The molecule has 0 aliphatic heterocycles. The van der Waals surface area contributed by atoms with Crippen LogP contribution in [0.3, 0.4) is 0 Å². The van der Waals surface area contributed by atoms with Crippen LogP contribution in [0.5, 0.6) is 5.75 Å². The van der Waals surface area contributed by atoms with Gasteiger partial charge in [0.05, 0.1) is 18.7 Å². The number of methoxy groups -OCH3 is 1. The van der Waals surface area contributed by atoms with Crippen LogP contribution in [0.1, 0.15) is 51.7 Å². The van der Waals surface area contributed by atoms with Crippen LogP contribution in [0.25, 0.3) is 0 Å². The van der Waals surface area contributed by atoms with E-state index < -0.39 is 0 Å². The van der Waals surface area contributed by atoms with E-state index in [-0.39, 0.29) is 17.7 Å². The third-order valence-corrected chi connectivity index (χ3v) is 6.67. The van der Waals surface area contributed by atoms with Gasteiger partial charge in [-0.15, -0.1) is 11.3 Å². The molecule has 0 saturated heterocycles. The smallest absolute Gasteiger partial charge is 0.257 e. The van der Waals surface area contributed by atoms with Crippen molar-refractivity contribution in [2.24, 2.45) is 0 Å². The van der Waals surface area contributed by atoms with Crippen LogP contribution < -0.4 is 15.4 Å². The number of hydrogen-bond donors (Lipinski definition) is 2. The predicted octanol–water partition coefficient (Wildman–Crippen LogP) is 4.57. The lowest BCUT2D eigenvalue weighted by Crippen LogP contribution is -2.32. The second-order valence-electron chi connectivity index (χ2n) is 7.84. The van der Waals surface area contributed by atoms with Crippen molar-refractivity contribution >= 4 is 28.3 Å². The standard InChI is InChI=1S/C25H27N3O3S/c1-31-19-14-12-18(13-15-19)23(29)28-25-27-22-20(10-5-11-21(22)32-25)24(30)26-16-6-9-17-7-3-2-4-8-17/h2-4,7-8,12-15,20H,5-6,9-11,16H2,1H3,(H,26,30)(H,27,28,29). The van der Waals surface area contributed by atoms with Gasteiger partial charge >= 0.3 is 0 Å². The summed E-state index contributed by atoms with van der Waals surface area (Å²) in [6.07, 6.45) is 4.46. The molecular formula is C25H27N3O3S. The van der Waals surface area contributed by atoms with Gasteiger partial charge in [0, 0.05) is 17.0 Å². The fraction of sp³-hybridized carbons (Fsp3) is 0.320. The molecule has 1 unspecified atom stereocenters. The maximum atomic E-state index is 12.8. The Labute approximate surface area is 192 Å². The van der Waals surface area contributed by atoms with Gasteiger partial charge < -0.3 is 10.1 Å². The van der Waals surface area contributed by atoms with Crippen LogP contribution >= 0.6 is 11.3 Å². The fourth-order valence-electron chi connectivity index (χ4n) is 3.91. The fourth-order valence-corrected chi connectivity index (χ4v) is 4.97. The highest BCUT2D eigenvalue weighted by Gasteiger charge is 2.30. The monoisotopic (exact) mass is 449 g/mol. The molecule has 1 aliphatic rings. The highest BCUT2D eigenvalue weighted by Crippen LogP contribution is 2.37. The number of nitrogens with zero attached hydrogens (tertiary/aromatic N) is 1. The molecule has 2 amide bonds. The van der Waals surface area contributed by atoms with Gasteiger partial charge in [-0.1, -0.05) is 30.3 Å². The molecule has 166 valence electrons. The molecule has 0 radical (unpaired) electrons. The molecule has 4 rings (SSSR count). The molecule has 6 nitrogen and oxygen atoms in total. The zero-order chi connectivity index (χ0) is 22.3. The molecule has 0 fully saturated rings. The van der Waals surface area contributed by atoms with Gasteiger partial charge in [0.2, 0.25) is 5.91 Å². The number of rotatable bonds is 8. The van der Waals surface area contributed by atoms with Gasteiger partial charge in [-0.3, -0.25) is 14.9 Å². The number of carbonyl (C=O) groups is 2. The number of benzene rings is 2. The molecule has 0 bridgehead atoms. The number of hydrogen-bond acceptors (Lipinski definition) is 5. The van der Waals surface area contributed by atoms with Crippen molar-refractivity contribution in [1.82, 2.24) is 10.3 Å². The Hall–Kier alpha value is -3.19. The van der Waals surface area contributed by atoms with Gasteiger partial charge in [-0.2, -0.15) is 0 Å². The first-order valence-corrected chi connectivity index (χ1v) is 11.7. The number of fused-ring (bicyclic) bond motifs is 1. The minimum Gasteiger partial charge on any atom is -0.497 e. The minimum atomic E-state index is -0.252. The predicted molar refractivity (Wildman–Crippen MR) is 127 cm³/mol. The third-order valence-electron chi connectivity index (χ3n) is 5.63. The van der Waals surface area contributed by atoms with Crippen molar-refractivity contribution in [1.29, 1.82) is 0 Å². The van der Waals surface area contributed by atoms with E-state index in [0.29, 0.717) is 23.0 Å². The van der Waals surface area contributed by atoms with Crippen LogP contribution in [-0.2, 0) is 17.6 Å². The molecule has 2 N–H and O–H groups in total. The van der Waals surface area contributed by atoms with Gasteiger partial charge in [-0.25, -0.2) is 4.98 Å². The number of ether oxygens (including phenoxy) is 1. The number of amides is 2. The Balaban J connectivity index is 1.34. The minimum absolute atomic E-state index is 0.0253. The maximum Gasteiger partial charge on any atom is 0.257 e. The Kier molecular flexibility index (Phi) is 7.17. The molecule has 32 heavy (non-hydrogen) atoms. The summed E-state index contributed by atoms with van der Waals surface area (Å²) in [4.78, 5) is 31.1. The number of anilines is 1. The summed E-state index contributed by atoms with van der Waals surface area (Å²) in [5.41, 5.74) is 2.62. The summed E-state index contributed by atoms with van der Waals surface area (Å²) < 4.78 is 5.13. The number of aryl methyl sites for hydroxylation is 2. The van der Waals surface area contributed by atoms with E-state index in [4.69, 9.17) is 4.74 Å². The summed E-state index contributed by atoms with van der Waals surface area (Å²) in [6, 6.07) is 17.2. The number of thiazole rings is 1. The van der Waals surface area contributed by atoms with Crippen LogP contribution in [0.15, 0.2) is 54.6 Å². The molecule has 7 heteroatoms. The summed E-state index contributed by atoms with van der Waals surface area (Å²) in [5.74, 6) is 0.250. The summed E-state index contributed by atoms with van der Waals surface area (Å²) >= 11 is 1.47. The molecule has 1 heterocycles. The topological polar surface area (TPSA) is 80.3 Å². The van der Waals surface area contributed by atoms with E-state index in [1.165, 1.54) is 16.9 Å². The molecule has 0 spiro atoms. The number of nitrogens with one attached hydrogen (secondary N) is 2. The van der Waals surface area contributed by atoms with Gasteiger partial charge in [-0.05, 0) is 61.9 Å². The van der Waals surface area contributed by atoms with Crippen molar-refractivity contribution in [3.8, 4) is 5.75 Å². The van der Waals surface area contributed by atoms with Gasteiger partial charge in [0.1, 0.15) is 5.75 Å². The van der Waals surface area contributed by atoms with E-state index >= 15 is 0 Å². The van der Waals surface area contributed by atoms with Gasteiger partial charge in [0.15, 0.2) is 5.13 Å². The van der Waals surface area contributed by atoms with Crippen LogP contribution in [-0.4, -0.2) is 30.5 Å². The van der Waals surface area contributed by atoms with Crippen molar-refractivity contribution in [3.63, 3.8) is 0 Å². The summed E-state index contributed by atoms with van der Waals surface area (Å²) in [5, 5.41) is 6.50. The number of carbonyl (C=O) groups excluding carboxylic acids is 2. The molecule has 2 aromatic carbocycles. The number of aromatic nitrogens is 1. The van der Waals surface area contributed by atoms with Crippen LogP contribution in [0.4, 0.5) is 5.13 Å². The van der Waals surface area contributed by atoms with Crippen molar-refractivity contribution < 1.29 is 14.3 Å². The van der Waals surface area contributed by atoms with E-state index in [9.17, 15) is 9.59 Å². The zero-order valence-electron chi connectivity index (χ0n) is 18.1. The average molecular weight is 450 g/mol. The first-order chi connectivity index (χ1) is 15.6. The lowest BCUT2D eigenvalue weighted by molar-refractivity contribution is -0.122. The Bertz CT molecular complexity index is 1060. The quantitative estimate of drug-likeness (QED) is 0.494. The molecule has 1 aromatic heterocycles. The summed E-state index contributed by atoms with van der Waals surface area (Å²) in [6.45, 7) is 0.644. The van der Waals surface area contributed by atoms with E-state index in [1.807, 2.05) is 18.2 Å². The molecule has 3 aromatic rings. The largest absolute Gasteiger partial charge is 0.497 e. The first-order valence-electron chi connectivity index (χ1n) is 10.9. The van der Waals surface area contributed by atoms with Crippen molar-refractivity contribution in [2.75, 3.05) is 19.0 Å². The summed E-state index contributed by atoms with van der Waals surface area (Å²) in [7, 11) is 1.59. The average Bonchev–Trinajstić information content (AvgIpc) is 3.24. The SMILES string of the molecule is COc1ccc(C(=O)Nc2nc3c(s2)CCCC3C(=O)NCCCc2ccccc2)cc1. The van der Waals surface area contributed by atoms with E-state index in [0.717, 1.165) is 42.7 Å². The highest BCUT2D eigenvalue weighted by molar-refractivity contribution is 7.16. The lowest BCUT2D eigenvalue weighted by Gasteiger charge is -2.20. The molecule has 1 aliphatic carbocycles. The second-order valence-corrected chi connectivity index (χ2v) is 8.92. The Morgan fingerprint density at radius 1 is 1.12 bits per heavy atom. The Morgan fingerprint density at radius 2 is 1.91 bits per heavy atom. The Morgan fingerprint density at radius 3 is 2.66 bits per heavy atom. The van der Waals surface area contributed by atoms with Crippen LogP contribution in [0, 0.1) is 0 Å². The third kappa shape index (κ3) is 5.34. The highest BCUT2D eigenvalue weighted by atomic mass is 32.1. The normalized spacial score (nSPS) is 15.0. The second kappa shape index (κ2) is 10.4. The van der Waals surface area contributed by atoms with E-state index in [2.05, 4.69) is 27.8 Å². The first kappa shape index (κ1) is 22.0. The van der Waals surface area contributed by atoms with Crippen LogP contribution in [0.2, 0.25) is 0 Å². The maximum absolute atomic E-state index is 12.8. The van der Waals surface area contributed by atoms with Crippen molar-refractivity contribution in [2.45, 2.75) is 38.0 Å². The molecular weight excluding hydrogens is 422 g/mol. The molecule has 0 saturated carbocycles. The molecule has 1 atom stereocenters. The van der Waals surface area contributed by atoms with Crippen molar-refractivity contribution in [3.05, 3.63) is 76.3 Å². The lowest BCUT2D eigenvalue weighted by atomic mass is 9.90.